The third kappa shape index (κ3) is 5.66. The molecular weight excluding hydrogens is 674 g/mol. The third-order valence-electron chi connectivity index (χ3n) is 6.32. The largest absolute Gasteiger partial charge is 0.493 e. The lowest BCUT2D eigenvalue weighted by Crippen LogP contribution is -2.20. The van der Waals surface area contributed by atoms with Gasteiger partial charge in [-0.1, -0.05) is 51.8 Å². The molecule has 0 saturated carbocycles. The lowest BCUT2D eigenvalue weighted by Gasteiger charge is -2.14. The Labute approximate surface area is 256 Å². The Kier molecular flexibility index (Phi) is 7.66. The second-order valence-electron chi connectivity index (χ2n) is 9.06. The van der Waals surface area contributed by atoms with Gasteiger partial charge >= 0.3 is 0 Å². The summed E-state index contributed by atoms with van der Waals surface area (Å²) in [6, 6.07) is 25.7. The molecule has 6 aromatic rings. The fourth-order valence-electron chi connectivity index (χ4n) is 4.33. The fraction of sp³-hybridized carbons (Fsp3) is 0.0645. The van der Waals surface area contributed by atoms with Crippen LogP contribution in [0.25, 0.3) is 33.5 Å². The van der Waals surface area contributed by atoms with E-state index in [2.05, 4.69) is 37.0 Å². The minimum atomic E-state index is -0.333. The Morgan fingerprint density at radius 1 is 1.02 bits per heavy atom. The molecule has 0 spiro atoms. The topological polar surface area (TPSA) is 78.9 Å². The number of hydrogen-bond acceptors (Lipinski definition) is 6. The van der Waals surface area contributed by atoms with E-state index >= 15 is 0 Å². The molecule has 6 rings (SSSR count). The van der Waals surface area contributed by atoms with Gasteiger partial charge in [0.25, 0.3) is 5.56 Å². The third-order valence-corrected chi connectivity index (χ3v) is 7.68. The van der Waals surface area contributed by atoms with Crippen LogP contribution in [0.5, 0.6) is 11.5 Å². The number of ether oxygens (including phenoxy) is 2. The van der Waals surface area contributed by atoms with E-state index in [1.165, 1.54) is 4.68 Å². The van der Waals surface area contributed by atoms with Crippen molar-refractivity contribution in [1.29, 1.82) is 0 Å². The van der Waals surface area contributed by atoms with Crippen molar-refractivity contribution in [1.82, 2.24) is 9.66 Å². The SMILES string of the molecule is COc1cc(C=Nn2c(-c3cc4cc(Cl)ccc4o3)nc3ccccc3c2=O)cc(Br)c1OCc1ccc(Br)cc1. The van der Waals surface area contributed by atoms with Crippen LogP contribution in [0.2, 0.25) is 5.02 Å². The van der Waals surface area contributed by atoms with Crippen molar-refractivity contribution in [2.45, 2.75) is 6.61 Å². The number of hydrogen-bond donors (Lipinski definition) is 0. The highest BCUT2D eigenvalue weighted by molar-refractivity contribution is 9.10. The smallest absolute Gasteiger partial charge is 0.282 e. The van der Waals surface area contributed by atoms with Gasteiger partial charge in [0.15, 0.2) is 17.3 Å². The molecule has 0 fully saturated rings. The Morgan fingerprint density at radius 3 is 2.63 bits per heavy atom. The maximum absolute atomic E-state index is 13.6. The number of nitrogens with zero attached hydrogens (tertiary/aromatic N) is 3. The quantitative estimate of drug-likeness (QED) is 0.157. The van der Waals surface area contributed by atoms with E-state index in [0.29, 0.717) is 55.4 Å². The summed E-state index contributed by atoms with van der Waals surface area (Å²) in [4.78, 5) is 18.3. The van der Waals surface area contributed by atoms with Gasteiger partial charge in [-0.2, -0.15) is 9.78 Å². The molecule has 0 aliphatic heterocycles. The predicted octanol–water partition coefficient (Wildman–Crippen LogP) is 8.46. The summed E-state index contributed by atoms with van der Waals surface area (Å²) < 4.78 is 20.6. The first-order chi connectivity index (χ1) is 19.9. The van der Waals surface area contributed by atoms with Gasteiger partial charge in [-0.25, -0.2) is 4.98 Å². The van der Waals surface area contributed by atoms with Crippen molar-refractivity contribution in [2.24, 2.45) is 5.10 Å². The summed E-state index contributed by atoms with van der Waals surface area (Å²) in [5, 5.41) is 6.35. The van der Waals surface area contributed by atoms with Gasteiger partial charge in [0.2, 0.25) is 5.82 Å². The lowest BCUT2D eigenvalue weighted by atomic mass is 10.2. The van der Waals surface area contributed by atoms with Gasteiger partial charge in [0.1, 0.15) is 12.2 Å². The number of halogens is 3. The summed E-state index contributed by atoms with van der Waals surface area (Å²) in [5.74, 6) is 1.71. The fourth-order valence-corrected chi connectivity index (χ4v) is 5.35. The predicted molar refractivity (Wildman–Crippen MR) is 168 cm³/mol. The Bertz CT molecular complexity index is 2000. The number of rotatable bonds is 7. The zero-order valence-electron chi connectivity index (χ0n) is 21.5. The maximum Gasteiger partial charge on any atom is 0.282 e. The van der Waals surface area contributed by atoms with E-state index in [4.69, 9.17) is 30.5 Å². The molecule has 0 saturated heterocycles. The van der Waals surface area contributed by atoms with Gasteiger partial charge in [-0.05, 0) is 87.7 Å². The molecule has 0 amide bonds. The molecule has 0 radical (unpaired) electrons. The van der Waals surface area contributed by atoms with Crippen LogP contribution in [-0.4, -0.2) is 23.0 Å². The molecule has 0 aliphatic rings. The van der Waals surface area contributed by atoms with Crippen LogP contribution >= 0.6 is 43.5 Å². The molecule has 0 N–H and O–H groups in total. The van der Waals surface area contributed by atoms with Crippen molar-refractivity contribution in [3.63, 3.8) is 0 Å². The van der Waals surface area contributed by atoms with Crippen molar-refractivity contribution in [2.75, 3.05) is 7.11 Å². The highest BCUT2D eigenvalue weighted by Gasteiger charge is 2.17. The first kappa shape index (κ1) is 27.3. The highest BCUT2D eigenvalue weighted by Crippen LogP contribution is 2.37. The zero-order valence-corrected chi connectivity index (χ0v) is 25.4. The average Bonchev–Trinajstić information content (AvgIpc) is 3.39. The molecular formula is C31H20Br2ClN3O4. The molecule has 0 unspecified atom stereocenters. The molecule has 0 bridgehead atoms. The zero-order chi connectivity index (χ0) is 28.5. The Morgan fingerprint density at radius 2 is 1.83 bits per heavy atom. The molecule has 4 aromatic carbocycles. The molecule has 0 atom stereocenters. The number of methoxy groups -OCH3 is 1. The van der Waals surface area contributed by atoms with Crippen LogP contribution in [0, 0.1) is 0 Å². The standard InChI is InChI=1S/C31H20Br2ClN3O4/c1-39-27-13-19(12-24(33)29(27)40-17-18-6-8-21(32)9-7-18)16-35-37-30(36-25-5-3-2-4-23(25)31(37)38)28-15-20-14-22(34)10-11-26(20)41-28/h2-16H,17H2,1H3. The van der Waals surface area contributed by atoms with E-state index in [9.17, 15) is 4.79 Å². The van der Waals surface area contributed by atoms with E-state index in [0.717, 1.165) is 15.4 Å². The van der Waals surface area contributed by atoms with E-state index in [-0.39, 0.29) is 11.4 Å². The van der Waals surface area contributed by atoms with Gasteiger partial charge in [-0.15, -0.1) is 0 Å². The van der Waals surface area contributed by atoms with Gasteiger partial charge in [0, 0.05) is 14.9 Å². The van der Waals surface area contributed by atoms with Crippen molar-refractivity contribution in [3.05, 3.63) is 120 Å². The summed E-state index contributed by atoms with van der Waals surface area (Å²) in [7, 11) is 1.57. The molecule has 41 heavy (non-hydrogen) atoms. The van der Waals surface area contributed by atoms with Gasteiger partial charge < -0.3 is 13.9 Å². The van der Waals surface area contributed by atoms with Crippen molar-refractivity contribution >= 4 is 71.5 Å². The first-order valence-electron chi connectivity index (χ1n) is 12.4. The average molecular weight is 694 g/mol. The molecule has 2 heterocycles. The number of fused-ring (bicyclic) bond motifs is 2. The summed E-state index contributed by atoms with van der Waals surface area (Å²) >= 11 is 13.2. The summed E-state index contributed by atoms with van der Waals surface area (Å²) in [6.45, 7) is 0.361. The monoisotopic (exact) mass is 691 g/mol. The lowest BCUT2D eigenvalue weighted by molar-refractivity contribution is 0.282. The number of benzene rings is 4. The van der Waals surface area contributed by atoms with Crippen LogP contribution in [0.1, 0.15) is 11.1 Å². The van der Waals surface area contributed by atoms with E-state index < -0.39 is 0 Å². The van der Waals surface area contributed by atoms with Crippen molar-refractivity contribution in [3.8, 4) is 23.1 Å². The van der Waals surface area contributed by atoms with Crippen LogP contribution < -0.4 is 15.0 Å². The number of aromatic nitrogens is 2. The second-order valence-corrected chi connectivity index (χ2v) is 11.3. The van der Waals surface area contributed by atoms with Gasteiger partial charge in [-0.3, -0.25) is 4.79 Å². The number of furan rings is 1. The van der Waals surface area contributed by atoms with Crippen LogP contribution in [0.15, 0.2) is 108 Å². The maximum atomic E-state index is 13.6. The Hall–Kier alpha value is -3.92. The molecule has 2 aromatic heterocycles. The van der Waals surface area contributed by atoms with Gasteiger partial charge in [0.05, 0.1) is 28.7 Å². The minimum absolute atomic E-state index is 0.262. The summed E-state index contributed by atoms with van der Waals surface area (Å²) in [5.41, 5.74) is 2.51. The highest BCUT2D eigenvalue weighted by atomic mass is 79.9. The molecule has 204 valence electrons. The van der Waals surface area contributed by atoms with E-state index in [1.54, 1.807) is 61.9 Å². The Balaban J connectivity index is 1.39. The molecule has 0 aliphatic carbocycles. The first-order valence-corrected chi connectivity index (χ1v) is 14.4. The summed E-state index contributed by atoms with van der Waals surface area (Å²) in [6.07, 6.45) is 1.56. The van der Waals surface area contributed by atoms with E-state index in [1.807, 2.05) is 36.4 Å². The van der Waals surface area contributed by atoms with Crippen LogP contribution in [-0.2, 0) is 6.61 Å². The second kappa shape index (κ2) is 11.5. The van der Waals surface area contributed by atoms with Crippen LogP contribution in [0.4, 0.5) is 0 Å². The normalized spacial score (nSPS) is 11.5. The number of para-hydroxylation sites is 1. The minimum Gasteiger partial charge on any atom is -0.493 e. The molecule has 10 heteroatoms. The molecule has 7 nitrogen and oxygen atoms in total. The van der Waals surface area contributed by atoms with Crippen molar-refractivity contribution < 1.29 is 13.9 Å². The van der Waals surface area contributed by atoms with Crippen LogP contribution in [0.3, 0.4) is 0 Å².